The zero-order valence-corrected chi connectivity index (χ0v) is 10.4. The van der Waals surface area contributed by atoms with Crippen LogP contribution in [0.4, 0.5) is 0 Å². The summed E-state index contributed by atoms with van der Waals surface area (Å²) in [6.45, 7) is 1.67. The molecule has 0 radical (unpaired) electrons. The van der Waals surface area contributed by atoms with E-state index in [1.54, 1.807) is 0 Å². The van der Waals surface area contributed by atoms with Crippen LogP contribution in [0.5, 0.6) is 0 Å². The molecule has 0 aromatic carbocycles. The molecule has 102 valence electrons. The minimum atomic E-state index is -1.17. The number of aromatic amines is 1. The second-order valence-corrected chi connectivity index (χ2v) is 4.14. The molecule has 2 rings (SSSR count). The molecule has 19 heavy (non-hydrogen) atoms. The Morgan fingerprint density at radius 2 is 2.21 bits per heavy atom. The topological polar surface area (TPSA) is 124 Å². The number of hydrogen-bond acceptors (Lipinski definition) is 6. The van der Waals surface area contributed by atoms with Crippen molar-refractivity contribution in [2.45, 2.75) is 25.6 Å². The first-order valence-corrected chi connectivity index (χ1v) is 5.84. The highest BCUT2D eigenvalue weighted by atomic mass is 16.3. The average Bonchev–Trinajstić information content (AvgIpc) is 2.85. The van der Waals surface area contributed by atoms with E-state index in [9.17, 15) is 15.0 Å². The summed E-state index contributed by atoms with van der Waals surface area (Å²) in [7, 11) is 0. The second kappa shape index (κ2) is 5.72. The molecule has 4 N–H and O–H groups in total. The Labute approximate surface area is 108 Å². The Hall–Kier alpha value is -2.06. The molecule has 2 heterocycles. The maximum Gasteiger partial charge on any atom is 0.216 e. The first kappa shape index (κ1) is 13.4. The van der Waals surface area contributed by atoms with Crippen LogP contribution in [-0.2, 0) is 4.79 Å². The first-order chi connectivity index (χ1) is 9.09. The van der Waals surface area contributed by atoms with E-state index in [0.29, 0.717) is 11.2 Å². The van der Waals surface area contributed by atoms with Crippen LogP contribution in [0.15, 0.2) is 12.7 Å². The molecule has 8 nitrogen and oxygen atoms in total. The first-order valence-electron chi connectivity index (χ1n) is 5.84. The van der Waals surface area contributed by atoms with Crippen LogP contribution >= 0.6 is 0 Å². The fourth-order valence-corrected chi connectivity index (χ4v) is 1.74. The number of hydrogen-bond donors (Lipinski definition) is 4. The molecule has 0 aliphatic rings. The number of aliphatic hydroxyl groups excluding tert-OH is 2. The molecule has 2 aromatic heterocycles. The molecule has 0 aliphatic carbocycles. The van der Waals surface area contributed by atoms with E-state index in [1.165, 1.54) is 19.6 Å². The number of nitrogens with one attached hydrogen (secondary N) is 2. The van der Waals surface area contributed by atoms with Gasteiger partial charge in [0.1, 0.15) is 23.6 Å². The largest absolute Gasteiger partial charge is 0.390 e. The lowest BCUT2D eigenvalue weighted by molar-refractivity contribution is -0.119. The second-order valence-electron chi connectivity index (χ2n) is 4.14. The van der Waals surface area contributed by atoms with Gasteiger partial charge in [0.15, 0.2) is 5.65 Å². The number of carbonyl (C=O) groups is 1. The number of carbonyl (C=O) groups excluding carboxylic acids is 1. The lowest BCUT2D eigenvalue weighted by Gasteiger charge is -2.17. The van der Waals surface area contributed by atoms with Gasteiger partial charge in [-0.3, -0.25) is 4.79 Å². The standard InChI is InChI=1S/C11H15N5O3/c1-6(17)12-3-2-7(18)10(19)8-9-11(15-4-13-8)16-5-14-9/h4-5,7,10,18-19H,2-3H2,1H3,(H,12,17)(H,13,14,15,16). The van der Waals surface area contributed by atoms with E-state index in [-0.39, 0.29) is 24.6 Å². The SMILES string of the molecule is CC(=O)NCCC(O)C(O)c1ncnc2nc[nH]c12. The van der Waals surface area contributed by atoms with Crippen molar-refractivity contribution in [3.05, 3.63) is 18.3 Å². The maximum absolute atomic E-state index is 10.7. The Balaban J connectivity index is 2.08. The number of aromatic nitrogens is 4. The predicted molar refractivity (Wildman–Crippen MR) is 66.0 cm³/mol. The Morgan fingerprint density at radius 1 is 1.42 bits per heavy atom. The normalized spacial score (nSPS) is 14.3. The van der Waals surface area contributed by atoms with Gasteiger partial charge < -0.3 is 20.5 Å². The van der Waals surface area contributed by atoms with Crippen LogP contribution in [0.2, 0.25) is 0 Å². The fraction of sp³-hybridized carbons (Fsp3) is 0.455. The van der Waals surface area contributed by atoms with Gasteiger partial charge in [-0.05, 0) is 6.42 Å². The van der Waals surface area contributed by atoms with Crippen molar-refractivity contribution >= 4 is 17.1 Å². The van der Waals surface area contributed by atoms with Crippen LogP contribution in [-0.4, -0.2) is 48.7 Å². The van der Waals surface area contributed by atoms with Crippen molar-refractivity contribution in [2.24, 2.45) is 0 Å². The Morgan fingerprint density at radius 3 is 2.95 bits per heavy atom. The molecule has 2 unspecified atom stereocenters. The quantitative estimate of drug-likeness (QED) is 0.565. The summed E-state index contributed by atoms with van der Waals surface area (Å²) in [5.74, 6) is -0.181. The van der Waals surface area contributed by atoms with E-state index in [1.807, 2.05) is 0 Å². The van der Waals surface area contributed by atoms with Gasteiger partial charge >= 0.3 is 0 Å². The number of H-pyrrole nitrogens is 1. The number of fused-ring (bicyclic) bond motifs is 1. The summed E-state index contributed by atoms with van der Waals surface area (Å²) >= 11 is 0. The number of aliphatic hydroxyl groups is 2. The maximum atomic E-state index is 10.7. The average molecular weight is 265 g/mol. The van der Waals surface area contributed by atoms with E-state index in [2.05, 4.69) is 25.3 Å². The van der Waals surface area contributed by atoms with Crippen molar-refractivity contribution < 1.29 is 15.0 Å². The zero-order valence-electron chi connectivity index (χ0n) is 10.4. The molecular formula is C11H15N5O3. The molecule has 0 bridgehead atoms. The van der Waals surface area contributed by atoms with Crippen molar-refractivity contribution in [2.75, 3.05) is 6.54 Å². The van der Waals surface area contributed by atoms with Crippen LogP contribution < -0.4 is 5.32 Å². The number of nitrogens with zero attached hydrogens (tertiary/aromatic N) is 3. The van der Waals surface area contributed by atoms with Gasteiger partial charge in [0.25, 0.3) is 0 Å². The molecule has 0 aliphatic heterocycles. The van der Waals surface area contributed by atoms with Crippen LogP contribution in [0.25, 0.3) is 11.2 Å². The highest BCUT2D eigenvalue weighted by molar-refractivity contribution is 5.73. The summed E-state index contributed by atoms with van der Waals surface area (Å²) in [4.78, 5) is 25.4. The summed E-state index contributed by atoms with van der Waals surface area (Å²) in [6.07, 6.45) is 0.745. The Bertz CT molecular complexity index is 570. The molecule has 2 aromatic rings. The molecule has 0 saturated heterocycles. The fourth-order valence-electron chi connectivity index (χ4n) is 1.74. The van der Waals surface area contributed by atoms with Gasteiger partial charge in [-0.15, -0.1) is 0 Å². The highest BCUT2D eigenvalue weighted by Crippen LogP contribution is 2.21. The number of imidazole rings is 1. The lowest BCUT2D eigenvalue weighted by atomic mass is 10.1. The van der Waals surface area contributed by atoms with Gasteiger partial charge in [0.2, 0.25) is 5.91 Å². The van der Waals surface area contributed by atoms with Crippen molar-refractivity contribution in [1.29, 1.82) is 0 Å². The number of rotatable bonds is 5. The molecule has 0 spiro atoms. The van der Waals surface area contributed by atoms with Crippen molar-refractivity contribution in [3.63, 3.8) is 0 Å². The predicted octanol–water partition coefficient (Wildman–Crippen LogP) is -0.727. The monoisotopic (exact) mass is 265 g/mol. The van der Waals surface area contributed by atoms with E-state index < -0.39 is 12.2 Å². The minimum absolute atomic E-state index is 0.181. The van der Waals surface area contributed by atoms with Gasteiger partial charge in [-0.25, -0.2) is 15.0 Å². The minimum Gasteiger partial charge on any atom is -0.390 e. The third-order valence-corrected chi connectivity index (χ3v) is 2.71. The molecular weight excluding hydrogens is 250 g/mol. The summed E-state index contributed by atoms with van der Waals surface area (Å²) in [5, 5.41) is 22.5. The third kappa shape index (κ3) is 3.04. The van der Waals surface area contributed by atoms with Gasteiger partial charge in [-0.1, -0.05) is 0 Å². The van der Waals surface area contributed by atoms with Gasteiger partial charge in [0, 0.05) is 13.5 Å². The zero-order chi connectivity index (χ0) is 13.8. The molecule has 2 atom stereocenters. The van der Waals surface area contributed by atoms with E-state index in [4.69, 9.17) is 0 Å². The van der Waals surface area contributed by atoms with Crippen LogP contribution in [0.3, 0.4) is 0 Å². The highest BCUT2D eigenvalue weighted by Gasteiger charge is 2.22. The Kier molecular flexibility index (Phi) is 4.03. The van der Waals surface area contributed by atoms with Crippen LogP contribution in [0, 0.1) is 0 Å². The molecule has 1 amide bonds. The molecule has 8 heteroatoms. The smallest absolute Gasteiger partial charge is 0.216 e. The lowest BCUT2D eigenvalue weighted by Crippen LogP contribution is -2.28. The summed E-state index contributed by atoms with van der Waals surface area (Å²) < 4.78 is 0. The molecule has 0 saturated carbocycles. The van der Waals surface area contributed by atoms with Gasteiger partial charge in [-0.2, -0.15) is 0 Å². The van der Waals surface area contributed by atoms with Crippen molar-refractivity contribution in [1.82, 2.24) is 25.3 Å². The van der Waals surface area contributed by atoms with Gasteiger partial charge in [0.05, 0.1) is 12.4 Å². The van der Waals surface area contributed by atoms with E-state index in [0.717, 1.165) is 0 Å². The molecule has 0 fully saturated rings. The summed E-state index contributed by atoms with van der Waals surface area (Å²) in [5.41, 5.74) is 1.21. The van der Waals surface area contributed by atoms with E-state index >= 15 is 0 Å². The van der Waals surface area contributed by atoms with Crippen LogP contribution in [0.1, 0.15) is 25.1 Å². The number of amides is 1. The third-order valence-electron chi connectivity index (χ3n) is 2.71. The van der Waals surface area contributed by atoms with Crippen molar-refractivity contribution in [3.8, 4) is 0 Å². The summed E-state index contributed by atoms with van der Waals surface area (Å²) in [6, 6.07) is 0.